The van der Waals surface area contributed by atoms with Crippen molar-refractivity contribution in [3.63, 3.8) is 0 Å². The van der Waals surface area contributed by atoms with Gasteiger partial charge in [0.05, 0.1) is 0 Å². The molecular formula is C17H23NO5. The summed E-state index contributed by atoms with van der Waals surface area (Å²) in [6.07, 6.45) is 0.986. The van der Waals surface area contributed by atoms with E-state index >= 15 is 0 Å². The number of hydrogen-bond acceptors (Lipinski definition) is 4. The summed E-state index contributed by atoms with van der Waals surface area (Å²) in [5, 5.41) is 11.6. The first-order valence-corrected chi connectivity index (χ1v) is 7.26. The highest BCUT2D eigenvalue weighted by Crippen LogP contribution is 2.15. The normalized spacial score (nSPS) is 12.1. The zero-order chi connectivity index (χ0) is 17.5. The average molecular weight is 321 g/mol. The molecule has 0 heterocycles. The Bertz CT molecular complexity index is 562. The first-order chi connectivity index (χ1) is 10.7. The number of benzene rings is 1. The number of nitrogens with one attached hydrogen (secondary N) is 1. The molecule has 0 spiro atoms. The standard InChI is InChI=1S/C17H23NO5/c1-5-9-22-13-8-6-7-12(10-13)11-14(15(19)20)18-16(21)23-17(2,3)4/h5-8,10,14H,1,9,11H2,2-4H3,(H,18,21)(H,19,20)/t14-/m0/s1. The van der Waals surface area contributed by atoms with E-state index in [0.29, 0.717) is 12.4 Å². The lowest BCUT2D eigenvalue weighted by Crippen LogP contribution is -2.44. The van der Waals surface area contributed by atoms with E-state index in [9.17, 15) is 14.7 Å². The number of hydrogen-bond donors (Lipinski definition) is 2. The Kier molecular flexibility index (Phi) is 6.63. The molecule has 6 nitrogen and oxygen atoms in total. The zero-order valence-corrected chi connectivity index (χ0v) is 13.7. The molecule has 6 heteroatoms. The van der Waals surface area contributed by atoms with Crippen LogP contribution in [0.1, 0.15) is 26.3 Å². The van der Waals surface area contributed by atoms with Gasteiger partial charge < -0.3 is 19.9 Å². The minimum Gasteiger partial charge on any atom is -0.490 e. The third kappa shape index (κ3) is 7.35. The number of carboxylic acid groups (broad SMARTS) is 1. The van der Waals surface area contributed by atoms with Gasteiger partial charge in [-0.15, -0.1) is 0 Å². The Hall–Kier alpha value is -2.50. The average Bonchev–Trinajstić information content (AvgIpc) is 2.42. The molecule has 0 bridgehead atoms. The first-order valence-electron chi connectivity index (χ1n) is 7.26. The van der Waals surface area contributed by atoms with Crippen molar-refractivity contribution >= 4 is 12.1 Å². The fourth-order valence-electron chi connectivity index (χ4n) is 1.80. The molecule has 1 atom stereocenters. The molecule has 1 amide bonds. The summed E-state index contributed by atoms with van der Waals surface area (Å²) in [6, 6.07) is 5.95. The minimum atomic E-state index is -1.13. The van der Waals surface area contributed by atoms with Crippen LogP contribution in [-0.2, 0) is 16.0 Å². The number of carbonyl (C=O) groups excluding carboxylic acids is 1. The number of carbonyl (C=O) groups is 2. The molecule has 23 heavy (non-hydrogen) atoms. The highest BCUT2D eigenvalue weighted by molar-refractivity contribution is 5.80. The van der Waals surface area contributed by atoms with Gasteiger partial charge in [-0.1, -0.05) is 24.8 Å². The molecule has 0 radical (unpaired) electrons. The van der Waals surface area contributed by atoms with Crippen molar-refractivity contribution in [1.82, 2.24) is 5.32 Å². The van der Waals surface area contributed by atoms with Crippen molar-refractivity contribution in [2.75, 3.05) is 6.61 Å². The summed E-state index contributed by atoms with van der Waals surface area (Å²) in [7, 11) is 0. The van der Waals surface area contributed by atoms with E-state index in [1.807, 2.05) is 0 Å². The van der Waals surface area contributed by atoms with Gasteiger partial charge in [0.1, 0.15) is 24.0 Å². The third-order valence-electron chi connectivity index (χ3n) is 2.70. The van der Waals surface area contributed by atoms with Crippen LogP contribution in [0.3, 0.4) is 0 Å². The van der Waals surface area contributed by atoms with E-state index in [4.69, 9.17) is 9.47 Å². The van der Waals surface area contributed by atoms with E-state index in [1.54, 1.807) is 51.1 Å². The van der Waals surface area contributed by atoms with Crippen LogP contribution in [0, 0.1) is 0 Å². The van der Waals surface area contributed by atoms with Crippen molar-refractivity contribution in [2.24, 2.45) is 0 Å². The Morgan fingerprint density at radius 3 is 2.65 bits per heavy atom. The molecule has 0 fully saturated rings. The molecule has 1 aromatic carbocycles. The molecule has 0 aliphatic heterocycles. The predicted molar refractivity (Wildman–Crippen MR) is 86.6 cm³/mol. The maximum Gasteiger partial charge on any atom is 0.408 e. The van der Waals surface area contributed by atoms with Crippen LogP contribution in [0.4, 0.5) is 4.79 Å². The Balaban J connectivity index is 2.74. The summed E-state index contributed by atoms with van der Waals surface area (Å²) < 4.78 is 10.5. The van der Waals surface area contributed by atoms with Gasteiger partial charge in [0, 0.05) is 6.42 Å². The van der Waals surface area contributed by atoms with Crippen LogP contribution in [0.2, 0.25) is 0 Å². The van der Waals surface area contributed by atoms with Gasteiger partial charge in [-0.3, -0.25) is 0 Å². The molecule has 0 aromatic heterocycles. The van der Waals surface area contributed by atoms with Gasteiger partial charge in [0.25, 0.3) is 0 Å². The highest BCUT2D eigenvalue weighted by Gasteiger charge is 2.24. The van der Waals surface area contributed by atoms with E-state index in [0.717, 1.165) is 5.56 Å². The lowest BCUT2D eigenvalue weighted by Gasteiger charge is -2.22. The van der Waals surface area contributed by atoms with Gasteiger partial charge in [-0.05, 0) is 38.5 Å². The predicted octanol–water partition coefficient (Wildman–Crippen LogP) is 2.77. The molecule has 0 aliphatic rings. The van der Waals surface area contributed by atoms with E-state index in [2.05, 4.69) is 11.9 Å². The third-order valence-corrected chi connectivity index (χ3v) is 2.70. The first kappa shape index (κ1) is 18.5. The summed E-state index contributed by atoms with van der Waals surface area (Å²) in [5.41, 5.74) is 0.0426. The van der Waals surface area contributed by atoms with Gasteiger partial charge in [-0.25, -0.2) is 9.59 Å². The maximum atomic E-state index is 11.7. The molecule has 1 aromatic rings. The summed E-state index contributed by atoms with van der Waals surface area (Å²) in [5.74, 6) is -0.517. The molecular weight excluding hydrogens is 298 g/mol. The molecule has 0 saturated heterocycles. The Labute approximate surface area is 136 Å². The van der Waals surface area contributed by atoms with Crippen molar-refractivity contribution in [1.29, 1.82) is 0 Å². The van der Waals surface area contributed by atoms with E-state index in [-0.39, 0.29) is 6.42 Å². The Morgan fingerprint density at radius 1 is 1.39 bits per heavy atom. The largest absolute Gasteiger partial charge is 0.490 e. The lowest BCUT2D eigenvalue weighted by atomic mass is 10.1. The van der Waals surface area contributed by atoms with Crippen LogP contribution in [0.25, 0.3) is 0 Å². The van der Waals surface area contributed by atoms with Crippen LogP contribution in [0.5, 0.6) is 5.75 Å². The molecule has 2 N–H and O–H groups in total. The van der Waals surface area contributed by atoms with Crippen molar-refractivity contribution in [2.45, 2.75) is 38.8 Å². The van der Waals surface area contributed by atoms with Crippen LogP contribution in [0.15, 0.2) is 36.9 Å². The number of ether oxygens (including phenoxy) is 2. The van der Waals surface area contributed by atoms with Crippen LogP contribution in [-0.4, -0.2) is 35.4 Å². The minimum absolute atomic E-state index is 0.125. The second kappa shape index (κ2) is 8.22. The number of rotatable bonds is 7. The lowest BCUT2D eigenvalue weighted by molar-refractivity contribution is -0.139. The molecule has 0 saturated carbocycles. The van der Waals surface area contributed by atoms with Crippen molar-refractivity contribution in [3.8, 4) is 5.75 Å². The number of alkyl carbamates (subject to hydrolysis) is 1. The molecule has 0 aliphatic carbocycles. The summed E-state index contributed by atoms with van der Waals surface area (Å²) >= 11 is 0. The number of aliphatic carboxylic acids is 1. The summed E-state index contributed by atoms with van der Waals surface area (Å²) in [6.45, 7) is 9.06. The molecule has 126 valence electrons. The fraction of sp³-hybridized carbons (Fsp3) is 0.412. The van der Waals surface area contributed by atoms with Gasteiger partial charge in [-0.2, -0.15) is 0 Å². The molecule has 1 rings (SSSR count). The summed E-state index contributed by atoms with van der Waals surface area (Å²) in [4.78, 5) is 23.1. The van der Waals surface area contributed by atoms with Crippen LogP contribution >= 0.6 is 0 Å². The van der Waals surface area contributed by atoms with E-state index < -0.39 is 23.7 Å². The quantitative estimate of drug-likeness (QED) is 0.754. The number of amides is 1. The van der Waals surface area contributed by atoms with Crippen LogP contribution < -0.4 is 10.1 Å². The van der Waals surface area contributed by atoms with Crippen molar-refractivity contribution in [3.05, 3.63) is 42.5 Å². The van der Waals surface area contributed by atoms with Gasteiger partial charge >= 0.3 is 12.1 Å². The van der Waals surface area contributed by atoms with Gasteiger partial charge in [0.15, 0.2) is 0 Å². The smallest absolute Gasteiger partial charge is 0.408 e. The monoisotopic (exact) mass is 321 g/mol. The highest BCUT2D eigenvalue weighted by atomic mass is 16.6. The number of carboxylic acids is 1. The van der Waals surface area contributed by atoms with Crippen molar-refractivity contribution < 1.29 is 24.2 Å². The molecule has 0 unspecified atom stereocenters. The van der Waals surface area contributed by atoms with E-state index in [1.165, 1.54) is 0 Å². The zero-order valence-electron chi connectivity index (χ0n) is 13.7. The second-order valence-electron chi connectivity index (χ2n) is 5.99. The Morgan fingerprint density at radius 2 is 2.09 bits per heavy atom. The SMILES string of the molecule is C=CCOc1cccc(C[C@H](NC(=O)OC(C)(C)C)C(=O)O)c1. The topological polar surface area (TPSA) is 84.9 Å². The maximum absolute atomic E-state index is 11.7. The fourth-order valence-corrected chi connectivity index (χ4v) is 1.80. The van der Waals surface area contributed by atoms with Gasteiger partial charge in [0.2, 0.25) is 0 Å². The second-order valence-corrected chi connectivity index (χ2v) is 5.99.